The van der Waals surface area contributed by atoms with Crippen LogP contribution in [0.3, 0.4) is 0 Å². The number of carbonyl (C=O) groups excluding carboxylic acids is 1. The van der Waals surface area contributed by atoms with Crippen molar-refractivity contribution in [2.45, 2.75) is 6.92 Å². The zero-order valence-electron chi connectivity index (χ0n) is 7.15. The highest BCUT2D eigenvalue weighted by Gasteiger charge is 1.98. The van der Waals surface area contributed by atoms with Crippen LogP contribution in [0.2, 0.25) is 0 Å². The van der Waals surface area contributed by atoms with E-state index >= 15 is 0 Å². The first-order valence-corrected chi connectivity index (χ1v) is 3.72. The number of anilines is 1. The van der Waals surface area contributed by atoms with E-state index in [-0.39, 0.29) is 5.91 Å². The molecule has 0 unspecified atom stereocenters. The van der Waals surface area contributed by atoms with E-state index in [0.717, 1.165) is 0 Å². The Kier molecular flexibility index (Phi) is 3.34. The third-order valence-electron chi connectivity index (χ3n) is 1.34. The monoisotopic (exact) mass is 178 g/mol. The molecule has 0 spiro atoms. The first kappa shape index (κ1) is 9.60. The van der Waals surface area contributed by atoms with Gasteiger partial charge in [-0.3, -0.25) is 4.79 Å². The molecule has 0 fully saturated rings. The van der Waals surface area contributed by atoms with Crippen molar-refractivity contribution in [3.63, 3.8) is 0 Å². The molecule has 13 heavy (non-hydrogen) atoms. The highest BCUT2D eigenvalue weighted by Crippen LogP contribution is 2.16. The van der Waals surface area contributed by atoms with Crippen LogP contribution in [0.5, 0.6) is 5.75 Å². The zero-order valence-corrected chi connectivity index (χ0v) is 7.15. The highest BCUT2D eigenvalue weighted by molar-refractivity contribution is 6.17. The van der Waals surface area contributed by atoms with Crippen molar-refractivity contribution in [3.05, 3.63) is 24.3 Å². The molecule has 0 atom stereocenters. The summed E-state index contributed by atoms with van der Waals surface area (Å²) in [5, 5.41) is 10.9. The van der Waals surface area contributed by atoms with Crippen molar-refractivity contribution in [2.24, 2.45) is 0 Å². The Morgan fingerprint density at radius 2 is 2.38 bits per heavy atom. The molecule has 0 aliphatic carbocycles. The molecule has 1 aromatic rings. The summed E-state index contributed by atoms with van der Waals surface area (Å²) in [6.07, 6.45) is 0. The zero-order chi connectivity index (χ0) is 9.68. The van der Waals surface area contributed by atoms with Crippen LogP contribution in [0.4, 0.5) is 5.69 Å². The van der Waals surface area contributed by atoms with E-state index in [2.05, 4.69) is 5.32 Å². The summed E-state index contributed by atoms with van der Waals surface area (Å²) in [4.78, 5) is 10.7. The van der Waals surface area contributed by atoms with Crippen LogP contribution in [0.25, 0.3) is 0 Å². The average Bonchev–Trinajstić information content (AvgIpc) is 2.04. The molecule has 0 aromatic heterocycles. The molecule has 0 aliphatic heterocycles. The lowest BCUT2D eigenvalue weighted by molar-refractivity contribution is -0.114. The fourth-order valence-corrected chi connectivity index (χ4v) is 0.911. The Morgan fingerprint density at radius 1 is 1.62 bits per heavy atom. The lowest BCUT2D eigenvalue weighted by Gasteiger charge is -2.04. The van der Waals surface area contributed by atoms with E-state index in [0.29, 0.717) is 19.1 Å². The minimum absolute atomic E-state index is 0.148. The molecule has 0 saturated heterocycles. The van der Waals surface area contributed by atoms with Crippen molar-refractivity contribution < 1.29 is 14.5 Å². The maximum absolute atomic E-state index is 10.7. The van der Waals surface area contributed by atoms with Crippen LogP contribution in [0.15, 0.2) is 24.3 Å². The SMILES string of the molecule is CC(=O)Nc1cccc(O[B]O)c1. The molecule has 5 heteroatoms. The molecule has 0 heterocycles. The standard InChI is InChI=1S/C8H9BNO3/c1-6(11)10-7-3-2-4-8(5-7)13-9-12/h2-5,12H,1H3,(H,10,11). The van der Waals surface area contributed by atoms with Crippen LogP contribution in [0.1, 0.15) is 6.92 Å². The number of benzene rings is 1. The highest BCUT2D eigenvalue weighted by atomic mass is 16.5. The minimum atomic E-state index is -0.148. The first-order chi connectivity index (χ1) is 6.22. The molecule has 4 nitrogen and oxygen atoms in total. The molecule has 0 saturated carbocycles. The van der Waals surface area contributed by atoms with Gasteiger partial charge in [0, 0.05) is 18.7 Å². The van der Waals surface area contributed by atoms with Crippen molar-refractivity contribution in [1.82, 2.24) is 0 Å². The van der Waals surface area contributed by atoms with Gasteiger partial charge in [0.15, 0.2) is 0 Å². The van der Waals surface area contributed by atoms with Gasteiger partial charge in [-0.2, -0.15) is 0 Å². The summed E-state index contributed by atoms with van der Waals surface area (Å²) in [5.41, 5.74) is 0.631. The van der Waals surface area contributed by atoms with Gasteiger partial charge in [0.2, 0.25) is 5.91 Å². The molecular weight excluding hydrogens is 169 g/mol. The second-order valence-electron chi connectivity index (χ2n) is 2.43. The van der Waals surface area contributed by atoms with Crippen molar-refractivity contribution in [1.29, 1.82) is 0 Å². The predicted molar refractivity (Wildman–Crippen MR) is 49.3 cm³/mol. The second kappa shape index (κ2) is 4.52. The minimum Gasteiger partial charge on any atom is -0.537 e. The van der Waals surface area contributed by atoms with Gasteiger partial charge < -0.3 is 15.0 Å². The van der Waals surface area contributed by atoms with Gasteiger partial charge in [-0.05, 0) is 12.1 Å². The molecule has 1 aromatic carbocycles. The molecule has 1 rings (SSSR count). The summed E-state index contributed by atoms with van der Waals surface area (Å²) in [6.45, 7) is 1.42. The summed E-state index contributed by atoms with van der Waals surface area (Å²) in [6, 6.07) is 6.71. The maximum Gasteiger partial charge on any atom is 0.569 e. The molecule has 2 N–H and O–H groups in total. The molecule has 67 valence electrons. The third kappa shape index (κ3) is 3.17. The largest absolute Gasteiger partial charge is 0.569 e. The van der Waals surface area contributed by atoms with Crippen molar-refractivity contribution in [3.8, 4) is 5.75 Å². The number of rotatable bonds is 3. The Morgan fingerprint density at radius 3 is 3.00 bits per heavy atom. The summed E-state index contributed by atoms with van der Waals surface area (Å²) in [5.74, 6) is 0.318. The summed E-state index contributed by atoms with van der Waals surface area (Å²) < 4.78 is 4.71. The third-order valence-corrected chi connectivity index (χ3v) is 1.34. The van der Waals surface area contributed by atoms with Gasteiger partial charge in [0.25, 0.3) is 0 Å². The van der Waals surface area contributed by atoms with Crippen LogP contribution in [-0.4, -0.2) is 18.6 Å². The van der Waals surface area contributed by atoms with Crippen LogP contribution >= 0.6 is 0 Å². The Bertz CT molecular complexity index is 303. The van der Waals surface area contributed by atoms with Gasteiger partial charge in [-0.15, -0.1) is 0 Å². The van der Waals surface area contributed by atoms with Crippen molar-refractivity contribution >= 4 is 19.3 Å². The number of amides is 1. The Hall–Kier alpha value is -1.49. The number of nitrogens with one attached hydrogen (secondary N) is 1. The van der Waals surface area contributed by atoms with E-state index in [9.17, 15) is 4.79 Å². The number of hydrogen-bond donors (Lipinski definition) is 2. The van der Waals surface area contributed by atoms with Gasteiger partial charge in [0.1, 0.15) is 5.75 Å². The van der Waals surface area contributed by atoms with E-state index in [1.807, 2.05) is 0 Å². The molecule has 1 radical (unpaired) electrons. The molecule has 0 aliphatic rings. The smallest absolute Gasteiger partial charge is 0.537 e. The van der Waals surface area contributed by atoms with Gasteiger partial charge in [0.05, 0.1) is 0 Å². The maximum atomic E-state index is 10.7. The normalized spacial score (nSPS) is 9.08. The average molecular weight is 178 g/mol. The van der Waals surface area contributed by atoms with Gasteiger partial charge in [-0.1, -0.05) is 6.07 Å². The van der Waals surface area contributed by atoms with Crippen molar-refractivity contribution in [2.75, 3.05) is 5.32 Å². The number of carbonyl (C=O) groups is 1. The molecular formula is C8H9BNO3. The van der Waals surface area contributed by atoms with Crippen LogP contribution < -0.4 is 9.97 Å². The van der Waals surface area contributed by atoms with Gasteiger partial charge >= 0.3 is 7.69 Å². The lowest BCUT2D eigenvalue weighted by atomic mass is 10.3. The predicted octanol–water partition coefficient (Wildman–Crippen LogP) is 0.550. The Balaban J connectivity index is 2.73. The van der Waals surface area contributed by atoms with E-state index in [1.165, 1.54) is 6.92 Å². The lowest BCUT2D eigenvalue weighted by Crippen LogP contribution is -2.06. The van der Waals surface area contributed by atoms with Crippen LogP contribution in [-0.2, 0) is 4.79 Å². The topological polar surface area (TPSA) is 58.6 Å². The van der Waals surface area contributed by atoms with Gasteiger partial charge in [-0.25, -0.2) is 0 Å². The molecule has 0 bridgehead atoms. The summed E-state index contributed by atoms with van der Waals surface area (Å²) >= 11 is 0. The second-order valence-corrected chi connectivity index (χ2v) is 2.43. The van der Waals surface area contributed by atoms with E-state index in [1.54, 1.807) is 24.3 Å². The summed E-state index contributed by atoms with van der Waals surface area (Å²) in [7, 11) is 0.590. The fourth-order valence-electron chi connectivity index (χ4n) is 0.911. The quantitative estimate of drug-likeness (QED) is 0.664. The molecule has 1 amide bonds. The van der Waals surface area contributed by atoms with E-state index < -0.39 is 0 Å². The van der Waals surface area contributed by atoms with E-state index in [4.69, 9.17) is 9.68 Å². The fraction of sp³-hybridized carbons (Fsp3) is 0.125. The first-order valence-electron chi connectivity index (χ1n) is 3.72. The Labute approximate surface area is 76.8 Å². The number of hydrogen-bond acceptors (Lipinski definition) is 3. The van der Waals surface area contributed by atoms with Crippen LogP contribution in [0, 0.1) is 0 Å².